The average Bonchev–Trinajstić information content (AvgIpc) is 2.60. The van der Waals surface area contributed by atoms with E-state index in [1.165, 1.54) is 0 Å². The maximum Gasteiger partial charge on any atom is 0.223 e. The van der Waals surface area contributed by atoms with Crippen molar-refractivity contribution in [3.8, 4) is 0 Å². The molecule has 0 radical (unpaired) electrons. The van der Waals surface area contributed by atoms with Crippen molar-refractivity contribution in [3.63, 3.8) is 0 Å². The van der Waals surface area contributed by atoms with Gasteiger partial charge in [0.1, 0.15) is 0 Å². The van der Waals surface area contributed by atoms with Gasteiger partial charge in [0.25, 0.3) is 0 Å². The molecule has 2 unspecified atom stereocenters. The Kier molecular flexibility index (Phi) is 3.71. The zero-order valence-corrected chi connectivity index (χ0v) is 11.1. The van der Waals surface area contributed by atoms with E-state index in [0.717, 1.165) is 24.8 Å². The van der Waals surface area contributed by atoms with Crippen molar-refractivity contribution < 1.29 is 4.79 Å². The standard InChI is InChI=1S/C15H22N2O/c1-15(2)10-12(14(18)17-15)8-9-13(16)11-6-4-3-5-7-11/h3-7,12-13H,8-10,16H2,1-2H3,(H,17,18). The number of carbonyl (C=O) groups excluding carboxylic acids is 1. The Labute approximate surface area is 109 Å². The fourth-order valence-electron chi connectivity index (χ4n) is 2.68. The largest absolute Gasteiger partial charge is 0.351 e. The van der Waals surface area contributed by atoms with E-state index in [1.807, 2.05) is 30.3 Å². The quantitative estimate of drug-likeness (QED) is 0.857. The maximum absolute atomic E-state index is 11.8. The molecule has 1 aromatic rings. The first-order valence-electron chi connectivity index (χ1n) is 6.60. The lowest BCUT2D eigenvalue weighted by Gasteiger charge is -2.17. The predicted octanol–water partition coefficient (Wildman–Crippen LogP) is 2.38. The topological polar surface area (TPSA) is 55.1 Å². The minimum absolute atomic E-state index is 0.0303. The molecule has 2 rings (SSSR count). The first kappa shape index (κ1) is 13.1. The van der Waals surface area contributed by atoms with Crippen LogP contribution in [0.1, 0.15) is 44.7 Å². The molecule has 98 valence electrons. The number of nitrogens with one attached hydrogen (secondary N) is 1. The summed E-state index contributed by atoms with van der Waals surface area (Å²) in [6, 6.07) is 10.1. The van der Waals surface area contributed by atoms with Crippen molar-refractivity contribution in [1.29, 1.82) is 0 Å². The number of hydrogen-bond donors (Lipinski definition) is 2. The highest BCUT2D eigenvalue weighted by Crippen LogP contribution is 2.29. The molecule has 1 amide bonds. The molecule has 0 aliphatic carbocycles. The third-order valence-corrected chi connectivity index (χ3v) is 3.64. The van der Waals surface area contributed by atoms with Gasteiger partial charge in [-0.15, -0.1) is 0 Å². The molecule has 1 aliphatic heterocycles. The Bertz CT molecular complexity index is 414. The zero-order chi connectivity index (χ0) is 13.2. The van der Waals surface area contributed by atoms with Gasteiger partial charge in [-0.1, -0.05) is 30.3 Å². The van der Waals surface area contributed by atoms with Gasteiger partial charge in [-0.2, -0.15) is 0 Å². The van der Waals surface area contributed by atoms with Crippen molar-refractivity contribution in [2.75, 3.05) is 0 Å². The van der Waals surface area contributed by atoms with E-state index in [2.05, 4.69) is 19.2 Å². The van der Waals surface area contributed by atoms with Crippen molar-refractivity contribution in [3.05, 3.63) is 35.9 Å². The second-order valence-electron chi connectivity index (χ2n) is 5.87. The fourth-order valence-corrected chi connectivity index (χ4v) is 2.68. The number of rotatable bonds is 4. The number of amides is 1. The Morgan fingerprint density at radius 2 is 2.06 bits per heavy atom. The molecule has 1 aromatic carbocycles. The highest BCUT2D eigenvalue weighted by atomic mass is 16.2. The van der Waals surface area contributed by atoms with Crippen LogP contribution in [-0.2, 0) is 4.79 Å². The molecule has 0 bridgehead atoms. The summed E-state index contributed by atoms with van der Waals surface area (Å²) >= 11 is 0. The summed E-state index contributed by atoms with van der Waals surface area (Å²) in [5.41, 5.74) is 7.25. The van der Waals surface area contributed by atoms with Crippen molar-refractivity contribution in [1.82, 2.24) is 5.32 Å². The number of benzene rings is 1. The molecule has 1 heterocycles. The molecule has 1 saturated heterocycles. The van der Waals surface area contributed by atoms with Crippen LogP contribution >= 0.6 is 0 Å². The van der Waals surface area contributed by atoms with Gasteiger partial charge in [-0.25, -0.2) is 0 Å². The molecule has 18 heavy (non-hydrogen) atoms. The third kappa shape index (κ3) is 3.10. The Morgan fingerprint density at radius 1 is 1.39 bits per heavy atom. The van der Waals surface area contributed by atoms with E-state index in [-0.39, 0.29) is 23.4 Å². The van der Waals surface area contributed by atoms with E-state index >= 15 is 0 Å². The van der Waals surface area contributed by atoms with Gasteiger partial charge in [0.15, 0.2) is 0 Å². The maximum atomic E-state index is 11.8. The predicted molar refractivity (Wildman–Crippen MR) is 72.9 cm³/mol. The van der Waals surface area contributed by atoms with Crippen LogP contribution < -0.4 is 11.1 Å². The summed E-state index contributed by atoms with van der Waals surface area (Å²) in [6.45, 7) is 4.14. The molecule has 0 aromatic heterocycles. The van der Waals surface area contributed by atoms with Crippen LogP contribution in [0.4, 0.5) is 0 Å². The van der Waals surface area contributed by atoms with Gasteiger partial charge in [0.05, 0.1) is 0 Å². The molecule has 0 saturated carbocycles. The molecule has 3 heteroatoms. The SMILES string of the molecule is CC1(C)CC(CCC(N)c2ccccc2)C(=O)N1. The van der Waals surface area contributed by atoms with Crippen molar-refractivity contribution in [2.45, 2.75) is 44.7 Å². The Morgan fingerprint density at radius 3 is 2.61 bits per heavy atom. The molecule has 0 spiro atoms. The van der Waals surface area contributed by atoms with Crippen molar-refractivity contribution in [2.24, 2.45) is 11.7 Å². The Hall–Kier alpha value is -1.35. The molecule has 2 atom stereocenters. The van der Waals surface area contributed by atoms with Crippen LogP contribution in [0.2, 0.25) is 0 Å². The van der Waals surface area contributed by atoms with E-state index in [4.69, 9.17) is 5.73 Å². The van der Waals surface area contributed by atoms with Crippen LogP contribution in [0.5, 0.6) is 0 Å². The first-order valence-corrected chi connectivity index (χ1v) is 6.60. The monoisotopic (exact) mass is 246 g/mol. The van der Waals surface area contributed by atoms with Gasteiger partial charge in [0, 0.05) is 17.5 Å². The average molecular weight is 246 g/mol. The Balaban J connectivity index is 1.87. The minimum atomic E-state index is -0.0570. The molecule has 3 N–H and O–H groups in total. The molecular formula is C15H22N2O. The highest BCUT2D eigenvalue weighted by molar-refractivity contribution is 5.81. The van der Waals surface area contributed by atoms with Gasteiger partial charge >= 0.3 is 0 Å². The van der Waals surface area contributed by atoms with Gasteiger partial charge < -0.3 is 11.1 Å². The smallest absolute Gasteiger partial charge is 0.223 e. The van der Waals surface area contributed by atoms with Gasteiger partial charge in [0.2, 0.25) is 5.91 Å². The number of hydrogen-bond acceptors (Lipinski definition) is 2. The van der Waals surface area contributed by atoms with E-state index in [9.17, 15) is 4.79 Å². The lowest BCUT2D eigenvalue weighted by atomic mass is 9.91. The van der Waals surface area contributed by atoms with Crippen molar-refractivity contribution >= 4 is 5.91 Å². The minimum Gasteiger partial charge on any atom is -0.351 e. The van der Waals surface area contributed by atoms with Gasteiger partial charge in [-0.05, 0) is 38.7 Å². The lowest BCUT2D eigenvalue weighted by molar-refractivity contribution is -0.123. The highest BCUT2D eigenvalue weighted by Gasteiger charge is 2.36. The second-order valence-corrected chi connectivity index (χ2v) is 5.87. The fraction of sp³-hybridized carbons (Fsp3) is 0.533. The second kappa shape index (κ2) is 5.11. The summed E-state index contributed by atoms with van der Waals surface area (Å²) in [5.74, 6) is 0.301. The van der Waals surface area contributed by atoms with Crippen LogP contribution in [-0.4, -0.2) is 11.4 Å². The van der Waals surface area contributed by atoms with E-state index in [1.54, 1.807) is 0 Å². The molecule has 3 nitrogen and oxygen atoms in total. The number of carbonyl (C=O) groups is 1. The van der Waals surface area contributed by atoms with E-state index < -0.39 is 0 Å². The molecular weight excluding hydrogens is 224 g/mol. The summed E-state index contributed by atoms with van der Waals surface area (Å²) < 4.78 is 0. The third-order valence-electron chi connectivity index (χ3n) is 3.64. The summed E-state index contributed by atoms with van der Waals surface area (Å²) in [6.07, 6.45) is 2.64. The molecule has 1 aliphatic rings. The summed E-state index contributed by atoms with van der Waals surface area (Å²) in [4.78, 5) is 11.8. The van der Waals surface area contributed by atoms with E-state index in [0.29, 0.717) is 0 Å². The normalized spacial score (nSPS) is 23.7. The van der Waals surface area contributed by atoms with Crippen LogP contribution in [0.15, 0.2) is 30.3 Å². The van der Waals surface area contributed by atoms with Crippen LogP contribution in [0.3, 0.4) is 0 Å². The number of nitrogens with two attached hydrogens (primary N) is 1. The molecule has 1 fully saturated rings. The first-order chi connectivity index (χ1) is 8.48. The summed E-state index contributed by atoms with van der Waals surface area (Å²) in [7, 11) is 0. The van der Waals surface area contributed by atoms with Gasteiger partial charge in [-0.3, -0.25) is 4.79 Å². The zero-order valence-electron chi connectivity index (χ0n) is 11.1. The summed E-state index contributed by atoms with van der Waals surface area (Å²) in [5, 5.41) is 3.03. The van der Waals surface area contributed by atoms with Crippen LogP contribution in [0, 0.1) is 5.92 Å². The van der Waals surface area contributed by atoms with Crippen LogP contribution in [0.25, 0.3) is 0 Å². The lowest BCUT2D eigenvalue weighted by Crippen LogP contribution is -2.34.